The predicted octanol–water partition coefficient (Wildman–Crippen LogP) is 2.42. The van der Waals surface area contributed by atoms with E-state index in [1.165, 1.54) is 23.5 Å². The Morgan fingerprint density at radius 3 is 2.95 bits per heavy atom. The van der Waals surface area contributed by atoms with Crippen LogP contribution in [0.25, 0.3) is 0 Å². The number of nitrogens with zero attached hydrogens (tertiary/aromatic N) is 1. The molecule has 3 rings (SSSR count). The van der Waals surface area contributed by atoms with Crippen LogP contribution in [0.5, 0.6) is 0 Å². The highest BCUT2D eigenvalue weighted by Crippen LogP contribution is 2.17. The Morgan fingerprint density at radius 1 is 1.36 bits per heavy atom. The fraction of sp³-hybridized carbons (Fsp3) is 0.250. The average Bonchev–Trinajstić information content (AvgIpc) is 3.10. The normalized spacial score (nSPS) is 17.8. The number of rotatable bonds is 4. The van der Waals surface area contributed by atoms with Gasteiger partial charge in [0.2, 0.25) is 5.91 Å². The van der Waals surface area contributed by atoms with Crippen molar-refractivity contribution in [3.63, 3.8) is 0 Å². The molecule has 1 N–H and O–H groups in total. The van der Waals surface area contributed by atoms with Gasteiger partial charge in [-0.05, 0) is 29.1 Å². The summed E-state index contributed by atoms with van der Waals surface area (Å²) in [6.45, 7) is 0.814. The van der Waals surface area contributed by atoms with Crippen LogP contribution < -0.4 is 5.32 Å². The molecule has 4 nitrogen and oxygen atoms in total. The van der Waals surface area contributed by atoms with Gasteiger partial charge in [-0.15, -0.1) is 11.3 Å². The summed E-state index contributed by atoms with van der Waals surface area (Å²) in [5.74, 6) is -0.493. The molecule has 1 aliphatic heterocycles. The van der Waals surface area contributed by atoms with E-state index in [0.29, 0.717) is 18.0 Å². The number of hydrogen-bond acceptors (Lipinski definition) is 3. The predicted molar refractivity (Wildman–Crippen MR) is 82.0 cm³/mol. The Kier molecular flexibility index (Phi) is 4.20. The van der Waals surface area contributed by atoms with Crippen LogP contribution in [-0.2, 0) is 11.3 Å². The van der Waals surface area contributed by atoms with Gasteiger partial charge in [0.1, 0.15) is 5.82 Å². The van der Waals surface area contributed by atoms with E-state index >= 15 is 0 Å². The third-order valence-electron chi connectivity index (χ3n) is 3.56. The molecule has 1 atom stereocenters. The molecular formula is C16H15FN2O2S. The Bertz CT molecular complexity index is 687. The van der Waals surface area contributed by atoms with E-state index in [-0.39, 0.29) is 30.1 Å². The minimum Gasteiger partial charge on any atom is -0.346 e. The molecule has 2 amide bonds. The second-order valence-electron chi connectivity index (χ2n) is 5.26. The van der Waals surface area contributed by atoms with Crippen molar-refractivity contribution in [1.29, 1.82) is 0 Å². The summed E-state index contributed by atoms with van der Waals surface area (Å²) < 4.78 is 13.2. The number of carbonyl (C=O) groups is 2. The van der Waals surface area contributed by atoms with Crippen LogP contribution in [0.3, 0.4) is 0 Å². The molecule has 2 aromatic rings. The van der Waals surface area contributed by atoms with Gasteiger partial charge in [0.05, 0.1) is 10.9 Å². The van der Waals surface area contributed by atoms with Gasteiger partial charge >= 0.3 is 0 Å². The second-order valence-corrected chi connectivity index (χ2v) is 6.20. The monoisotopic (exact) mass is 318 g/mol. The van der Waals surface area contributed by atoms with Crippen molar-refractivity contribution in [3.05, 3.63) is 58.0 Å². The molecule has 1 aromatic carbocycles. The second kappa shape index (κ2) is 6.27. The zero-order valence-electron chi connectivity index (χ0n) is 11.8. The third kappa shape index (κ3) is 3.33. The molecule has 6 heteroatoms. The molecule has 0 spiro atoms. The summed E-state index contributed by atoms with van der Waals surface area (Å²) in [7, 11) is 0. The molecule has 0 bridgehead atoms. The SMILES string of the molecule is O=C(N[C@H]1CC(=O)N(Cc2cccc(F)c2)C1)c1cccs1. The van der Waals surface area contributed by atoms with E-state index in [0.717, 1.165) is 5.56 Å². The zero-order valence-corrected chi connectivity index (χ0v) is 12.6. The van der Waals surface area contributed by atoms with Crippen molar-refractivity contribution in [2.24, 2.45) is 0 Å². The van der Waals surface area contributed by atoms with E-state index in [9.17, 15) is 14.0 Å². The lowest BCUT2D eigenvalue weighted by Gasteiger charge is -2.17. The van der Waals surface area contributed by atoms with Crippen LogP contribution in [0.2, 0.25) is 0 Å². The Labute approximate surface area is 131 Å². The number of hydrogen-bond donors (Lipinski definition) is 1. The molecule has 0 aliphatic carbocycles. The maximum atomic E-state index is 13.2. The summed E-state index contributed by atoms with van der Waals surface area (Å²) in [6, 6.07) is 9.58. The van der Waals surface area contributed by atoms with E-state index in [1.54, 1.807) is 23.1 Å². The maximum Gasteiger partial charge on any atom is 0.261 e. The molecule has 114 valence electrons. The number of carbonyl (C=O) groups excluding carboxylic acids is 2. The van der Waals surface area contributed by atoms with Crippen LogP contribution in [0.4, 0.5) is 4.39 Å². The van der Waals surface area contributed by atoms with Crippen molar-refractivity contribution in [2.45, 2.75) is 19.0 Å². The standard InChI is InChI=1S/C16H15FN2O2S/c17-12-4-1-3-11(7-12)9-19-10-13(8-15(19)20)18-16(21)14-5-2-6-22-14/h1-7,13H,8-10H2,(H,18,21)/t13-/m0/s1. The smallest absolute Gasteiger partial charge is 0.261 e. The molecule has 1 saturated heterocycles. The van der Waals surface area contributed by atoms with Gasteiger partial charge in [0, 0.05) is 19.5 Å². The average molecular weight is 318 g/mol. The van der Waals surface area contributed by atoms with Gasteiger partial charge in [-0.1, -0.05) is 18.2 Å². The van der Waals surface area contributed by atoms with Crippen LogP contribution >= 0.6 is 11.3 Å². The first-order valence-electron chi connectivity index (χ1n) is 6.98. The van der Waals surface area contributed by atoms with E-state index < -0.39 is 0 Å². The number of likely N-dealkylation sites (tertiary alicyclic amines) is 1. The lowest BCUT2D eigenvalue weighted by atomic mass is 10.2. The molecule has 2 heterocycles. The van der Waals surface area contributed by atoms with Crippen molar-refractivity contribution in [1.82, 2.24) is 10.2 Å². The largest absolute Gasteiger partial charge is 0.346 e. The summed E-state index contributed by atoms with van der Waals surface area (Å²) >= 11 is 1.37. The van der Waals surface area contributed by atoms with Crippen LogP contribution in [-0.4, -0.2) is 29.3 Å². The molecule has 0 unspecified atom stereocenters. The first-order valence-corrected chi connectivity index (χ1v) is 7.86. The number of amides is 2. The summed E-state index contributed by atoms with van der Waals surface area (Å²) in [4.78, 5) is 26.3. The quantitative estimate of drug-likeness (QED) is 0.941. The Hall–Kier alpha value is -2.21. The third-order valence-corrected chi connectivity index (χ3v) is 4.43. The highest BCUT2D eigenvalue weighted by atomic mass is 32.1. The van der Waals surface area contributed by atoms with Crippen LogP contribution in [0.1, 0.15) is 21.7 Å². The molecular weight excluding hydrogens is 303 g/mol. The lowest BCUT2D eigenvalue weighted by molar-refractivity contribution is -0.128. The Balaban J connectivity index is 1.60. The van der Waals surface area contributed by atoms with E-state index in [4.69, 9.17) is 0 Å². The number of halogens is 1. The van der Waals surface area contributed by atoms with Gasteiger partial charge in [-0.25, -0.2) is 4.39 Å². The van der Waals surface area contributed by atoms with E-state index in [2.05, 4.69) is 5.32 Å². The molecule has 1 fully saturated rings. The fourth-order valence-electron chi connectivity index (χ4n) is 2.54. The lowest BCUT2D eigenvalue weighted by Crippen LogP contribution is -2.36. The van der Waals surface area contributed by atoms with Crippen molar-refractivity contribution in [3.8, 4) is 0 Å². The van der Waals surface area contributed by atoms with Crippen LogP contribution in [0.15, 0.2) is 41.8 Å². The summed E-state index contributed by atoms with van der Waals surface area (Å²) in [6.07, 6.45) is 0.284. The number of thiophene rings is 1. The summed E-state index contributed by atoms with van der Waals surface area (Å²) in [5.41, 5.74) is 0.749. The van der Waals surface area contributed by atoms with Gasteiger partial charge in [0.25, 0.3) is 5.91 Å². The maximum absolute atomic E-state index is 13.2. The topological polar surface area (TPSA) is 49.4 Å². The van der Waals surface area contributed by atoms with Crippen molar-refractivity contribution in [2.75, 3.05) is 6.54 Å². The minimum atomic E-state index is -0.313. The van der Waals surface area contributed by atoms with E-state index in [1.807, 2.05) is 11.4 Å². The first kappa shape index (κ1) is 14.7. The highest BCUT2D eigenvalue weighted by molar-refractivity contribution is 7.12. The van der Waals surface area contributed by atoms with Gasteiger partial charge < -0.3 is 10.2 Å². The summed E-state index contributed by atoms with van der Waals surface area (Å²) in [5, 5.41) is 4.71. The molecule has 1 aromatic heterocycles. The molecule has 0 radical (unpaired) electrons. The molecule has 22 heavy (non-hydrogen) atoms. The van der Waals surface area contributed by atoms with Crippen molar-refractivity contribution < 1.29 is 14.0 Å². The first-order chi connectivity index (χ1) is 10.6. The zero-order chi connectivity index (χ0) is 15.5. The van der Waals surface area contributed by atoms with Gasteiger partial charge in [-0.3, -0.25) is 9.59 Å². The van der Waals surface area contributed by atoms with Gasteiger partial charge in [0.15, 0.2) is 0 Å². The number of benzene rings is 1. The minimum absolute atomic E-state index is 0.0271. The highest BCUT2D eigenvalue weighted by Gasteiger charge is 2.30. The van der Waals surface area contributed by atoms with Gasteiger partial charge in [-0.2, -0.15) is 0 Å². The fourth-order valence-corrected chi connectivity index (χ4v) is 3.17. The molecule has 0 saturated carbocycles. The molecule has 1 aliphatic rings. The number of nitrogens with one attached hydrogen (secondary N) is 1. The van der Waals surface area contributed by atoms with Crippen molar-refractivity contribution >= 4 is 23.2 Å². The van der Waals surface area contributed by atoms with Crippen LogP contribution in [0, 0.1) is 5.82 Å². The Morgan fingerprint density at radius 2 is 2.23 bits per heavy atom.